The Hall–Kier alpha value is -1.51. The van der Waals surface area contributed by atoms with Crippen LogP contribution in [0.15, 0.2) is 6.07 Å². The van der Waals surface area contributed by atoms with Gasteiger partial charge in [-0.05, 0) is 0 Å². The topological polar surface area (TPSA) is 77.7 Å². The van der Waals surface area contributed by atoms with E-state index in [0.717, 1.165) is 6.07 Å². The zero-order valence-electron chi connectivity index (χ0n) is 10.4. The van der Waals surface area contributed by atoms with Crippen molar-refractivity contribution in [1.29, 1.82) is 0 Å². The number of hydrogen-bond donors (Lipinski definition) is 3. The molecule has 0 saturated carbocycles. The van der Waals surface area contributed by atoms with Crippen LogP contribution in [0.1, 0.15) is 0 Å². The number of aliphatic hydroxyl groups is 1. The number of β-amino-alcohol motifs (C(OH)–C–C–N with tert-alkyl or cyclic N) is 1. The maximum atomic E-state index is 13.7. The third kappa shape index (κ3) is 3.09. The Morgan fingerprint density at radius 3 is 2.53 bits per heavy atom. The van der Waals surface area contributed by atoms with E-state index in [4.69, 9.17) is 10.9 Å². The molecule has 0 spiro atoms. The average Bonchev–Trinajstić information content (AvgIpc) is 2.41. The SMILES string of the molecule is NNc1nc(N2CCN(CCO)CC2)c(F)cc1F. The molecule has 0 aromatic carbocycles. The zero-order valence-corrected chi connectivity index (χ0v) is 10.4. The van der Waals surface area contributed by atoms with E-state index in [1.807, 2.05) is 0 Å². The summed E-state index contributed by atoms with van der Waals surface area (Å²) >= 11 is 0. The highest BCUT2D eigenvalue weighted by Crippen LogP contribution is 2.22. The van der Waals surface area contributed by atoms with E-state index in [9.17, 15) is 8.78 Å². The molecule has 106 valence electrons. The van der Waals surface area contributed by atoms with Crippen molar-refractivity contribution in [3.8, 4) is 0 Å². The lowest BCUT2D eigenvalue weighted by Crippen LogP contribution is -2.47. The molecule has 1 saturated heterocycles. The molecule has 1 aromatic rings. The first-order valence-corrected chi connectivity index (χ1v) is 6.06. The molecular formula is C11H17F2N5O. The lowest BCUT2D eigenvalue weighted by atomic mass is 10.3. The molecule has 1 aliphatic rings. The fourth-order valence-corrected chi connectivity index (χ4v) is 2.10. The molecule has 2 rings (SSSR count). The van der Waals surface area contributed by atoms with E-state index in [-0.39, 0.29) is 18.2 Å². The van der Waals surface area contributed by atoms with Gasteiger partial charge in [-0.3, -0.25) is 4.90 Å². The van der Waals surface area contributed by atoms with Crippen molar-refractivity contribution in [2.24, 2.45) is 5.84 Å². The normalized spacial score (nSPS) is 16.7. The summed E-state index contributed by atoms with van der Waals surface area (Å²) in [7, 11) is 0. The Bertz CT molecular complexity index is 437. The van der Waals surface area contributed by atoms with Gasteiger partial charge in [0.15, 0.2) is 23.3 Å². The molecule has 0 atom stereocenters. The highest BCUT2D eigenvalue weighted by molar-refractivity contribution is 5.49. The average molecular weight is 273 g/mol. The van der Waals surface area contributed by atoms with Crippen LogP contribution in [0.25, 0.3) is 0 Å². The largest absolute Gasteiger partial charge is 0.395 e. The number of piperazine rings is 1. The van der Waals surface area contributed by atoms with Gasteiger partial charge in [-0.2, -0.15) is 0 Å². The Morgan fingerprint density at radius 2 is 1.95 bits per heavy atom. The second kappa shape index (κ2) is 6.09. The lowest BCUT2D eigenvalue weighted by molar-refractivity contribution is 0.188. The second-order valence-electron chi connectivity index (χ2n) is 4.32. The third-order valence-corrected chi connectivity index (χ3v) is 3.14. The standard InChI is InChI=1S/C11H17F2N5O/c12-8-7-9(13)11(15-10(8)16-14)18-3-1-17(2-4-18)5-6-19/h7,19H,1-6,14H2,(H,15,16). The van der Waals surface area contributed by atoms with Crippen LogP contribution < -0.4 is 16.2 Å². The summed E-state index contributed by atoms with van der Waals surface area (Å²) in [5, 5.41) is 8.85. The van der Waals surface area contributed by atoms with E-state index >= 15 is 0 Å². The molecule has 1 aliphatic heterocycles. The molecule has 8 heteroatoms. The monoisotopic (exact) mass is 273 g/mol. The number of hydrazine groups is 1. The van der Waals surface area contributed by atoms with E-state index < -0.39 is 11.6 Å². The first-order chi connectivity index (χ1) is 9.15. The number of aromatic nitrogens is 1. The first-order valence-electron chi connectivity index (χ1n) is 6.06. The Morgan fingerprint density at radius 1 is 1.26 bits per heavy atom. The van der Waals surface area contributed by atoms with Gasteiger partial charge in [0, 0.05) is 38.8 Å². The Balaban J connectivity index is 2.11. The summed E-state index contributed by atoms with van der Waals surface area (Å²) in [5.74, 6) is 3.54. The van der Waals surface area contributed by atoms with Crippen LogP contribution >= 0.6 is 0 Å². The molecule has 19 heavy (non-hydrogen) atoms. The number of nitrogens with one attached hydrogen (secondary N) is 1. The molecular weight excluding hydrogens is 256 g/mol. The molecule has 0 amide bonds. The number of anilines is 2. The Kier molecular flexibility index (Phi) is 4.46. The zero-order chi connectivity index (χ0) is 13.8. The smallest absolute Gasteiger partial charge is 0.178 e. The number of aliphatic hydroxyl groups excluding tert-OH is 1. The Labute approximate surface area is 109 Å². The minimum absolute atomic E-state index is 0.0954. The quantitative estimate of drug-likeness (QED) is 0.519. The van der Waals surface area contributed by atoms with Crippen LogP contribution in [0.3, 0.4) is 0 Å². The van der Waals surface area contributed by atoms with Crippen LogP contribution in [0.2, 0.25) is 0 Å². The van der Waals surface area contributed by atoms with Crippen molar-refractivity contribution in [3.63, 3.8) is 0 Å². The molecule has 1 aromatic heterocycles. The molecule has 1 fully saturated rings. The van der Waals surface area contributed by atoms with Gasteiger partial charge in [0.05, 0.1) is 6.61 Å². The van der Waals surface area contributed by atoms with Gasteiger partial charge >= 0.3 is 0 Å². The molecule has 6 nitrogen and oxygen atoms in total. The van der Waals surface area contributed by atoms with E-state index in [2.05, 4.69) is 15.3 Å². The van der Waals surface area contributed by atoms with E-state index in [1.165, 1.54) is 0 Å². The summed E-state index contributed by atoms with van der Waals surface area (Å²) in [4.78, 5) is 7.67. The third-order valence-electron chi connectivity index (χ3n) is 3.14. The van der Waals surface area contributed by atoms with Gasteiger partial charge in [-0.25, -0.2) is 19.6 Å². The number of hydrogen-bond acceptors (Lipinski definition) is 6. The predicted molar refractivity (Wildman–Crippen MR) is 67.7 cm³/mol. The molecule has 0 bridgehead atoms. The van der Waals surface area contributed by atoms with Crippen LogP contribution in [-0.4, -0.2) is 54.3 Å². The summed E-state index contributed by atoms with van der Waals surface area (Å²) in [6.45, 7) is 3.24. The fourth-order valence-electron chi connectivity index (χ4n) is 2.10. The number of nitrogens with two attached hydrogens (primary N) is 1. The van der Waals surface area contributed by atoms with Crippen molar-refractivity contribution >= 4 is 11.6 Å². The molecule has 0 radical (unpaired) electrons. The first kappa shape index (κ1) is 13.9. The van der Waals surface area contributed by atoms with E-state index in [1.54, 1.807) is 4.90 Å². The molecule has 0 unspecified atom stereocenters. The van der Waals surface area contributed by atoms with Crippen LogP contribution in [-0.2, 0) is 0 Å². The van der Waals surface area contributed by atoms with Crippen molar-refractivity contribution < 1.29 is 13.9 Å². The van der Waals surface area contributed by atoms with Gasteiger partial charge < -0.3 is 15.4 Å². The second-order valence-corrected chi connectivity index (χ2v) is 4.32. The minimum atomic E-state index is -0.817. The molecule has 2 heterocycles. The maximum absolute atomic E-state index is 13.7. The van der Waals surface area contributed by atoms with Crippen LogP contribution in [0.4, 0.5) is 20.4 Å². The number of halogens is 2. The van der Waals surface area contributed by atoms with Gasteiger partial charge in [-0.1, -0.05) is 0 Å². The van der Waals surface area contributed by atoms with Gasteiger partial charge in [0.25, 0.3) is 0 Å². The van der Waals surface area contributed by atoms with Crippen molar-refractivity contribution in [1.82, 2.24) is 9.88 Å². The van der Waals surface area contributed by atoms with Gasteiger partial charge in [-0.15, -0.1) is 0 Å². The summed E-state index contributed by atoms with van der Waals surface area (Å²) < 4.78 is 27.0. The number of nitrogens with zero attached hydrogens (tertiary/aromatic N) is 3. The molecule has 0 aliphatic carbocycles. The van der Waals surface area contributed by atoms with Crippen molar-refractivity contribution in [2.45, 2.75) is 0 Å². The lowest BCUT2D eigenvalue weighted by Gasteiger charge is -2.35. The number of pyridine rings is 1. The van der Waals surface area contributed by atoms with Crippen molar-refractivity contribution in [2.75, 3.05) is 49.7 Å². The highest BCUT2D eigenvalue weighted by Gasteiger charge is 2.22. The summed E-state index contributed by atoms with van der Waals surface area (Å²) in [6.07, 6.45) is 0. The fraction of sp³-hybridized carbons (Fsp3) is 0.545. The number of rotatable bonds is 4. The predicted octanol–water partition coefficient (Wildman–Crippen LogP) is -0.240. The van der Waals surface area contributed by atoms with Crippen LogP contribution in [0, 0.1) is 11.6 Å². The number of nitrogen functional groups attached to an aromatic ring is 1. The molecule has 4 N–H and O–H groups in total. The van der Waals surface area contributed by atoms with Gasteiger partial charge in [0.2, 0.25) is 0 Å². The van der Waals surface area contributed by atoms with Crippen LogP contribution in [0.5, 0.6) is 0 Å². The summed E-state index contributed by atoms with van der Waals surface area (Å²) in [5.41, 5.74) is 2.11. The van der Waals surface area contributed by atoms with Gasteiger partial charge in [0.1, 0.15) is 0 Å². The summed E-state index contributed by atoms with van der Waals surface area (Å²) in [6, 6.07) is 0.775. The minimum Gasteiger partial charge on any atom is -0.395 e. The maximum Gasteiger partial charge on any atom is 0.178 e. The van der Waals surface area contributed by atoms with E-state index in [0.29, 0.717) is 32.7 Å². The van der Waals surface area contributed by atoms with Crippen molar-refractivity contribution in [3.05, 3.63) is 17.7 Å². The highest BCUT2D eigenvalue weighted by atomic mass is 19.1.